The molecule has 4 rings (SSSR count). The van der Waals surface area contributed by atoms with Gasteiger partial charge in [0.1, 0.15) is 11.5 Å². The van der Waals surface area contributed by atoms with Gasteiger partial charge in [0.2, 0.25) is 5.75 Å². The van der Waals surface area contributed by atoms with Crippen LogP contribution in [0.1, 0.15) is 35.4 Å². The molecule has 8 heteroatoms. The predicted octanol–water partition coefficient (Wildman–Crippen LogP) is 5.21. The van der Waals surface area contributed by atoms with E-state index in [1.54, 1.807) is 12.1 Å². The third-order valence-corrected chi connectivity index (χ3v) is 5.86. The number of imidazole rings is 1. The molecule has 1 aliphatic rings. The molecule has 1 N–H and O–H groups in total. The lowest BCUT2D eigenvalue weighted by atomic mass is 10.1. The summed E-state index contributed by atoms with van der Waals surface area (Å²) in [4.78, 5) is 18.1. The average molecular weight is 456 g/mol. The second kappa shape index (κ2) is 9.53. The Labute approximate surface area is 192 Å². The summed E-state index contributed by atoms with van der Waals surface area (Å²) in [5.41, 5.74) is 2.86. The van der Waals surface area contributed by atoms with Crippen molar-refractivity contribution in [3.8, 4) is 28.6 Å². The normalized spacial score (nSPS) is 13.1. The van der Waals surface area contributed by atoms with Crippen LogP contribution >= 0.6 is 11.6 Å². The smallest absolute Gasteiger partial charge is 0.276 e. The number of nitrogens with zero attached hydrogens (tertiary/aromatic N) is 2. The third-order valence-electron chi connectivity index (χ3n) is 5.61. The number of halogens is 1. The Balaban J connectivity index is 1.72. The van der Waals surface area contributed by atoms with E-state index in [0.29, 0.717) is 33.7 Å². The fourth-order valence-electron chi connectivity index (χ4n) is 4.06. The zero-order chi connectivity index (χ0) is 22.7. The molecule has 2 aromatic carbocycles. The third kappa shape index (κ3) is 4.25. The number of fused-ring (bicyclic) bond motifs is 1. The van der Waals surface area contributed by atoms with Gasteiger partial charge < -0.3 is 24.1 Å². The van der Waals surface area contributed by atoms with Crippen LogP contribution in [-0.2, 0) is 13.0 Å². The first-order chi connectivity index (χ1) is 15.5. The van der Waals surface area contributed by atoms with Crippen LogP contribution < -0.4 is 19.5 Å². The van der Waals surface area contributed by atoms with Crippen molar-refractivity contribution in [1.82, 2.24) is 9.55 Å². The summed E-state index contributed by atoms with van der Waals surface area (Å²) >= 11 is 6.06. The number of carbonyl (C=O) groups is 1. The SMILES string of the molecule is COc1cc(NC(=O)c2nc(-c3ccc(Cl)cc3)n3c2CCCCC3)cc(OC)c1OC. The summed E-state index contributed by atoms with van der Waals surface area (Å²) in [6.07, 6.45) is 4.00. The van der Waals surface area contributed by atoms with Crippen molar-refractivity contribution in [2.24, 2.45) is 0 Å². The van der Waals surface area contributed by atoms with E-state index in [-0.39, 0.29) is 5.91 Å². The maximum Gasteiger partial charge on any atom is 0.276 e. The second-order valence-corrected chi connectivity index (χ2v) is 8.00. The number of hydrogen-bond acceptors (Lipinski definition) is 5. The largest absolute Gasteiger partial charge is 0.493 e. The second-order valence-electron chi connectivity index (χ2n) is 7.57. The Bertz CT molecular complexity index is 1100. The van der Waals surface area contributed by atoms with E-state index in [1.165, 1.54) is 21.3 Å². The highest BCUT2D eigenvalue weighted by Crippen LogP contribution is 2.40. The lowest BCUT2D eigenvalue weighted by Crippen LogP contribution is -2.15. The maximum absolute atomic E-state index is 13.3. The molecule has 0 atom stereocenters. The molecule has 7 nitrogen and oxygen atoms in total. The minimum absolute atomic E-state index is 0.273. The van der Waals surface area contributed by atoms with Gasteiger partial charge in [0, 0.05) is 35.0 Å². The van der Waals surface area contributed by atoms with Crippen molar-refractivity contribution in [2.45, 2.75) is 32.2 Å². The molecule has 0 saturated carbocycles. The van der Waals surface area contributed by atoms with Gasteiger partial charge in [-0.15, -0.1) is 0 Å². The van der Waals surface area contributed by atoms with Crippen molar-refractivity contribution >= 4 is 23.2 Å². The molecule has 1 amide bonds. The monoisotopic (exact) mass is 455 g/mol. The van der Waals surface area contributed by atoms with Crippen LogP contribution in [0.5, 0.6) is 17.2 Å². The zero-order valence-electron chi connectivity index (χ0n) is 18.4. The number of amides is 1. The van der Waals surface area contributed by atoms with Crippen molar-refractivity contribution in [1.29, 1.82) is 0 Å². The molecular weight excluding hydrogens is 430 g/mol. The first-order valence-corrected chi connectivity index (χ1v) is 10.9. The Morgan fingerprint density at radius 3 is 2.31 bits per heavy atom. The molecule has 168 valence electrons. The van der Waals surface area contributed by atoms with Gasteiger partial charge >= 0.3 is 0 Å². The fraction of sp³-hybridized carbons (Fsp3) is 0.333. The molecule has 0 spiro atoms. The Morgan fingerprint density at radius 2 is 1.69 bits per heavy atom. The molecule has 0 fully saturated rings. The number of aromatic nitrogens is 2. The number of benzene rings is 2. The van der Waals surface area contributed by atoms with Crippen molar-refractivity contribution < 1.29 is 19.0 Å². The van der Waals surface area contributed by atoms with Gasteiger partial charge in [0.15, 0.2) is 11.5 Å². The number of carbonyl (C=O) groups excluding carboxylic acids is 1. The van der Waals surface area contributed by atoms with Crippen LogP contribution in [0.2, 0.25) is 5.02 Å². The molecule has 0 saturated heterocycles. The molecule has 0 unspecified atom stereocenters. The van der Waals surface area contributed by atoms with Crippen molar-refractivity contribution in [3.63, 3.8) is 0 Å². The van der Waals surface area contributed by atoms with E-state index in [4.69, 9.17) is 30.8 Å². The molecule has 2 heterocycles. The number of ether oxygens (including phenoxy) is 3. The topological polar surface area (TPSA) is 74.6 Å². The van der Waals surface area contributed by atoms with Gasteiger partial charge in [0.05, 0.1) is 27.0 Å². The number of anilines is 1. The molecule has 1 aliphatic heterocycles. The molecule has 0 radical (unpaired) electrons. The minimum atomic E-state index is -0.273. The number of nitrogens with one attached hydrogen (secondary N) is 1. The standard InChI is InChI=1S/C24H26ClN3O4/c1-30-19-13-17(14-20(31-2)22(19)32-3)26-24(29)21-18-7-5-4-6-12-28(18)23(27-21)15-8-10-16(25)11-9-15/h8-11,13-14H,4-7,12H2,1-3H3,(H,26,29). The Hall–Kier alpha value is -3.19. The van der Waals surface area contributed by atoms with Gasteiger partial charge in [-0.2, -0.15) is 0 Å². The minimum Gasteiger partial charge on any atom is -0.493 e. The van der Waals surface area contributed by atoms with Crippen LogP contribution in [0.4, 0.5) is 5.69 Å². The molecule has 3 aromatic rings. The molecule has 1 aromatic heterocycles. The maximum atomic E-state index is 13.3. The van der Waals surface area contributed by atoms with Gasteiger partial charge in [-0.25, -0.2) is 4.98 Å². The highest BCUT2D eigenvalue weighted by Gasteiger charge is 2.25. The highest BCUT2D eigenvalue weighted by molar-refractivity contribution is 6.30. The lowest BCUT2D eigenvalue weighted by Gasteiger charge is -2.14. The quantitative estimate of drug-likeness (QED) is 0.552. The van der Waals surface area contributed by atoms with Crippen LogP contribution in [0.15, 0.2) is 36.4 Å². The van der Waals surface area contributed by atoms with Gasteiger partial charge in [-0.3, -0.25) is 4.79 Å². The van der Waals surface area contributed by atoms with E-state index >= 15 is 0 Å². The number of hydrogen-bond donors (Lipinski definition) is 1. The number of rotatable bonds is 6. The van der Waals surface area contributed by atoms with Crippen molar-refractivity contribution in [3.05, 3.63) is 52.8 Å². The summed E-state index contributed by atoms with van der Waals surface area (Å²) in [5, 5.41) is 3.62. The summed E-state index contributed by atoms with van der Waals surface area (Å²) in [5.74, 6) is 1.91. The van der Waals surface area contributed by atoms with Crippen molar-refractivity contribution in [2.75, 3.05) is 26.6 Å². The molecule has 0 aliphatic carbocycles. The van der Waals surface area contributed by atoms with E-state index in [9.17, 15) is 4.79 Å². The molecule has 0 bridgehead atoms. The average Bonchev–Trinajstić information content (AvgIpc) is 2.99. The summed E-state index contributed by atoms with van der Waals surface area (Å²) < 4.78 is 18.3. The van der Waals surface area contributed by atoms with Crippen LogP contribution in [0.3, 0.4) is 0 Å². The Morgan fingerprint density at radius 1 is 1.00 bits per heavy atom. The lowest BCUT2D eigenvalue weighted by molar-refractivity contribution is 0.102. The Kier molecular flexibility index (Phi) is 6.55. The highest BCUT2D eigenvalue weighted by atomic mass is 35.5. The van der Waals surface area contributed by atoms with E-state index in [0.717, 1.165) is 49.3 Å². The van der Waals surface area contributed by atoms with Gasteiger partial charge in [0.25, 0.3) is 5.91 Å². The van der Waals surface area contributed by atoms with Crippen LogP contribution in [0, 0.1) is 0 Å². The summed E-state index contributed by atoms with van der Waals surface area (Å²) in [6, 6.07) is 10.9. The fourth-order valence-corrected chi connectivity index (χ4v) is 4.19. The van der Waals surface area contributed by atoms with Gasteiger partial charge in [-0.05, 0) is 43.5 Å². The van der Waals surface area contributed by atoms with Crippen LogP contribution in [0.25, 0.3) is 11.4 Å². The number of methoxy groups -OCH3 is 3. The molecular formula is C24H26ClN3O4. The molecule has 32 heavy (non-hydrogen) atoms. The van der Waals surface area contributed by atoms with Gasteiger partial charge in [-0.1, -0.05) is 18.0 Å². The predicted molar refractivity (Wildman–Crippen MR) is 124 cm³/mol. The zero-order valence-corrected chi connectivity index (χ0v) is 19.2. The van der Waals surface area contributed by atoms with E-state index < -0.39 is 0 Å². The van der Waals surface area contributed by atoms with Crippen LogP contribution in [-0.4, -0.2) is 36.8 Å². The first-order valence-electron chi connectivity index (χ1n) is 10.5. The van der Waals surface area contributed by atoms with E-state index in [1.807, 2.05) is 24.3 Å². The first kappa shape index (κ1) is 22.0. The summed E-state index contributed by atoms with van der Waals surface area (Å²) in [7, 11) is 4.62. The van der Waals surface area contributed by atoms with E-state index in [2.05, 4.69) is 9.88 Å². The summed E-state index contributed by atoms with van der Waals surface area (Å²) in [6.45, 7) is 0.831.